The van der Waals surface area contributed by atoms with Crippen LogP contribution in [-0.4, -0.2) is 34.9 Å². The van der Waals surface area contributed by atoms with Gasteiger partial charge in [-0.2, -0.15) is 5.10 Å². The van der Waals surface area contributed by atoms with E-state index in [0.717, 1.165) is 29.4 Å². The molecule has 27 heavy (non-hydrogen) atoms. The number of carbonyl (C=O) groups excluding carboxylic acids is 1. The predicted octanol–water partition coefficient (Wildman–Crippen LogP) is 3.04. The van der Waals surface area contributed by atoms with Gasteiger partial charge in [-0.1, -0.05) is 26.0 Å². The van der Waals surface area contributed by atoms with Gasteiger partial charge in [0.1, 0.15) is 12.7 Å². The molecule has 0 spiro atoms. The third-order valence-electron chi connectivity index (χ3n) is 4.77. The van der Waals surface area contributed by atoms with Gasteiger partial charge in [-0.25, -0.2) is 0 Å². The summed E-state index contributed by atoms with van der Waals surface area (Å²) in [7, 11) is 0. The van der Waals surface area contributed by atoms with Gasteiger partial charge in [0.05, 0.1) is 12.2 Å². The van der Waals surface area contributed by atoms with E-state index in [4.69, 9.17) is 9.47 Å². The number of hydrogen-bond acceptors (Lipinski definition) is 4. The van der Waals surface area contributed by atoms with E-state index in [9.17, 15) is 4.79 Å². The number of ether oxygens (including phenoxy) is 2. The molecule has 3 rings (SSSR count). The Labute approximate surface area is 160 Å². The zero-order valence-corrected chi connectivity index (χ0v) is 16.6. The minimum Gasteiger partial charge on any atom is -0.486 e. The number of aromatic nitrogens is 2. The molecular formula is C21H29N3O3. The van der Waals surface area contributed by atoms with Crippen molar-refractivity contribution in [2.45, 2.75) is 53.2 Å². The molecule has 2 heterocycles. The molecule has 0 saturated heterocycles. The maximum atomic E-state index is 12.3. The lowest BCUT2D eigenvalue weighted by Gasteiger charge is -2.26. The second-order valence-corrected chi connectivity index (χ2v) is 7.53. The van der Waals surface area contributed by atoms with Crippen LogP contribution < -0.4 is 14.8 Å². The third-order valence-corrected chi connectivity index (χ3v) is 4.77. The number of hydrogen-bond donors (Lipinski definition) is 1. The maximum absolute atomic E-state index is 12.3. The van der Waals surface area contributed by atoms with Crippen LogP contribution in [0.5, 0.6) is 11.5 Å². The first-order valence-electron chi connectivity index (χ1n) is 9.62. The van der Waals surface area contributed by atoms with Crippen molar-refractivity contribution < 1.29 is 14.3 Å². The summed E-state index contributed by atoms with van der Waals surface area (Å²) >= 11 is 0. The summed E-state index contributed by atoms with van der Waals surface area (Å²) in [6.45, 7) is 10.2. The monoisotopic (exact) mass is 371 g/mol. The van der Waals surface area contributed by atoms with E-state index in [2.05, 4.69) is 35.9 Å². The van der Waals surface area contributed by atoms with E-state index in [-0.39, 0.29) is 12.0 Å². The molecule has 1 N–H and O–H groups in total. The predicted molar refractivity (Wildman–Crippen MR) is 104 cm³/mol. The maximum Gasteiger partial charge on any atom is 0.220 e. The lowest BCUT2D eigenvalue weighted by Crippen LogP contribution is -2.40. The van der Waals surface area contributed by atoms with E-state index >= 15 is 0 Å². The Kier molecular flexibility index (Phi) is 6.04. The Morgan fingerprint density at radius 3 is 2.78 bits per heavy atom. The molecule has 1 aromatic heterocycles. The first-order chi connectivity index (χ1) is 12.9. The lowest BCUT2D eigenvalue weighted by molar-refractivity contribution is -0.121. The van der Waals surface area contributed by atoms with Gasteiger partial charge in [-0.05, 0) is 43.9 Å². The number of rotatable bonds is 7. The van der Waals surface area contributed by atoms with E-state index in [1.807, 2.05) is 31.2 Å². The Balaban J connectivity index is 1.47. The zero-order valence-electron chi connectivity index (χ0n) is 16.6. The Morgan fingerprint density at radius 1 is 1.30 bits per heavy atom. The van der Waals surface area contributed by atoms with Gasteiger partial charge in [0.2, 0.25) is 5.91 Å². The average molecular weight is 371 g/mol. The molecule has 0 saturated carbocycles. The smallest absolute Gasteiger partial charge is 0.220 e. The molecule has 1 aromatic carbocycles. The van der Waals surface area contributed by atoms with Crippen molar-refractivity contribution in [3.05, 3.63) is 41.2 Å². The molecule has 1 aliphatic rings. The molecule has 0 radical (unpaired) electrons. The van der Waals surface area contributed by atoms with Crippen LogP contribution in [0.3, 0.4) is 0 Å². The van der Waals surface area contributed by atoms with Crippen LogP contribution in [0, 0.1) is 19.8 Å². The van der Waals surface area contributed by atoms with Gasteiger partial charge in [0, 0.05) is 18.7 Å². The number of aryl methyl sites for hydroxylation is 1. The largest absolute Gasteiger partial charge is 0.486 e. The molecule has 1 atom stereocenters. The summed E-state index contributed by atoms with van der Waals surface area (Å²) in [5.41, 5.74) is 3.35. The summed E-state index contributed by atoms with van der Waals surface area (Å²) in [5.74, 6) is 2.05. The lowest BCUT2D eigenvalue weighted by atomic mass is 10.1. The molecule has 1 amide bonds. The Hall–Kier alpha value is -2.50. The zero-order chi connectivity index (χ0) is 19.4. The van der Waals surface area contributed by atoms with Gasteiger partial charge in [-0.15, -0.1) is 0 Å². The van der Waals surface area contributed by atoms with Crippen molar-refractivity contribution in [1.29, 1.82) is 0 Å². The molecule has 2 aromatic rings. The number of carbonyl (C=O) groups is 1. The van der Waals surface area contributed by atoms with Crippen LogP contribution in [0.1, 0.15) is 37.2 Å². The standard InChI is InChI=1S/C21H29N3O3/c1-14(2)12-24-16(4)18(15(3)23-24)9-10-21(25)22-11-17-13-26-19-7-5-6-8-20(19)27-17/h5-8,14,17H,9-13H2,1-4H3,(H,22,25)/t17-/m0/s1. The van der Waals surface area contributed by atoms with E-state index in [1.165, 1.54) is 5.56 Å². The van der Waals surface area contributed by atoms with E-state index in [0.29, 0.717) is 31.9 Å². The topological polar surface area (TPSA) is 65.4 Å². The highest BCUT2D eigenvalue weighted by Gasteiger charge is 2.21. The van der Waals surface area contributed by atoms with Crippen molar-refractivity contribution in [2.75, 3.05) is 13.2 Å². The van der Waals surface area contributed by atoms with Crippen LogP contribution >= 0.6 is 0 Å². The molecule has 0 fully saturated rings. The summed E-state index contributed by atoms with van der Waals surface area (Å²) < 4.78 is 13.6. The Morgan fingerprint density at radius 2 is 2.04 bits per heavy atom. The van der Waals surface area contributed by atoms with Crippen LogP contribution in [0.15, 0.2) is 24.3 Å². The molecule has 6 nitrogen and oxygen atoms in total. The molecule has 0 aliphatic carbocycles. The second-order valence-electron chi connectivity index (χ2n) is 7.53. The summed E-state index contributed by atoms with van der Waals surface area (Å²) in [5, 5.41) is 7.58. The number of benzene rings is 1. The van der Waals surface area contributed by atoms with Crippen LogP contribution in [0.4, 0.5) is 0 Å². The second kappa shape index (κ2) is 8.46. The fraction of sp³-hybridized carbons (Fsp3) is 0.524. The number of amides is 1. The molecule has 146 valence electrons. The van der Waals surface area contributed by atoms with Gasteiger partial charge in [0.25, 0.3) is 0 Å². The van der Waals surface area contributed by atoms with E-state index in [1.54, 1.807) is 0 Å². The summed E-state index contributed by atoms with van der Waals surface area (Å²) in [6.07, 6.45) is 0.979. The first kappa shape index (κ1) is 19.3. The fourth-order valence-corrected chi connectivity index (χ4v) is 3.34. The van der Waals surface area contributed by atoms with Gasteiger partial charge in [0.15, 0.2) is 11.5 Å². The highest BCUT2D eigenvalue weighted by molar-refractivity contribution is 5.76. The Bertz CT molecular complexity index is 798. The highest BCUT2D eigenvalue weighted by atomic mass is 16.6. The van der Waals surface area contributed by atoms with Crippen LogP contribution in [0.25, 0.3) is 0 Å². The first-order valence-corrected chi connectivity index (χ1v) is 9.62. The minimum atomic E-state index is -0.166. The summed E-state index contributed by atoms with van der Waals surface area (Å²) in [4.78, 5) is 12.3. The number of nitrogens with one attached hydrogen (secondary N) is 1. The normalized spacial score (nSPS) is 15.8. The summed E-state index contributed by atoms with van der Waals surface area (Å²) in [6, 6.07) is 7.59. The van der Waals surface area contributed by atoms with Crippen molar-refractivity contribution in [2.24, 2.45) is 5.92 Å². The highest BCUT2D eigenvalue weighted by Crippen LogP contribution is 2.30. The van der Waals surface area contributed by atoms with Crippen molar-refractivity contribution in [3.63, 3.8) is 0 Å². The SMILES string of the molecule is Cc1nn(CC(C)C)c(C)c1CCC(=O)NC[C@H]1COc2ccccc2O1. The van der Waals surface area contributed by atoms with E-state index < -0.39 is 0 Å². The molecule has 6 heteroatoms. The molecule has 1 aliphatic heterocycles. The molecular weight excluding hydrogens is 342 g/mol. The average Bonchev–Trinajstić information content (AvgIpc) is 2.90. The van der Waals surface area contributed by atoms with Crippen LogP contribution in [-0.2, 0) is 17.8 Å². The van der Waals surface area contributed by atoms with Gasteiger partial charge >= 0.3 is 0 Å². The van der Waals surface area contributed by atoms with Crippen molar-refractivity contribution in [1.82, 2.24) is 15.1 Å². The number of fused-ring (bicyclic) bond motifs is 1. The molecule has 0 bridgehead atoms. The minimum absolute atomic E-state index is 0.0212. The van der Waals surface area contributed by atoms with Gasteiger partial charge < -0.3 is 14.8 Å². The fourth-order valence-electron chi connectivity index (χ4n) is 3.34. The number of nitrogens with zero attached hydrogens (tertiary/aromatic N) is 2. The van der Waals surface area contributed by atoms with Gasteiger partial charge in [-0.3, -0.25) is 9.48 Å². The number of para-hydroxylation sites is 2. The van der Waals surface area contributed by atoms with Crippen molar-refractivity contribution >= 4 is 5.91 Å². The third kappa shape index (κ3) is 4.81. The molecule has 0 unspecified atom stereocenters. The van der Waals surface area contributed by atoms with Crippen molar-refractivity contribution in [3.8, 4) is 11.5 Å². The quantitative estimate of drug-likeness (QED) is 0.812. The van der Waals surface area contributed by atoms with Crippen LogP contribution in [0.2, 0.25) is 0 Å².